The number of aromatic amines is 1. The maximum Gasteiger partial charge on any atom is 0.253 e. The van der Waals surface area contributed by atoms with Gasteiger partial charge in [0, 0.05) is 29.7 Å². The summed E-state index contributed by atoms with van der Waals surface area (Å²) in [4.78, 5) is 15.0. The van der Waals surface area contributed by atoms with Crippen LogP contribution in [0.1, 0.15) is 55.6 Å². The van der Waals surface area contributed by atoms with Crippen LogP contribution in [0.25, 0.3) is 10.9 Å². The van der Waals surface area contributed by atoms with Gasteiger partial charge < -0.3 is 4.90 Å². The zero-order chi connectivity index (χ0) is 16.7. The number of likely N-dealkylation sites (tertiary alicyclic amines) is 1. The van der Waals surface area contributed by atoms with Gasteiger partial charge in [-0.15, -0.1) is 0 Å². The topological polar surface area (TPSA) is 49.0 Å². The van der Waals surface area contributed by atoms with Crippen LogP contribution in [0.3, 0.4) is 0 Å². The Bertz CT molecular complexity index is 744. The number of fused-ring (bicyclic) bond motifs is 1. The van der Waals surface area contributed by atoms with Gasteiger partial charge in [0.15, 0.2) is 0 Å². The third-order valence-corrected chi connectivity index (χ3v) is 5.82. The minimum absolute atomic E-state index is 0.190. The monoisotopic (exact) mass is 325 g/mol. The number of aromatic nitrogens is 2. The molecule has 0 spiro atoms. The zero-order valence-corrected chi connectivity index (χ0v) is 14.7. The molecule has 2 aromatic rings. The first-order valence-electron chi connectivity index (χ1n) is 9.38. The smallest absolute Gasteiger partial charge is 0.253 e. The van der Waals surface area contributed by atoms with Crippen molar-refractivity contribution in [2.75, 3.05) is 13.1 Å². The van der Waals surface area contributed by atoms with Gasteiger partial charge in [-0.05, 0) is 48.8 Å². The van der Waals surface area contributed by atoms with Gasteiger partial charge in [-0.3, -0.25) is 9.89 Å². The number of benzene rings is 1. The number of carbonyl (C=O) groups excluding carboxylic acids is 1. The van der Waals surface area contributed by atoms with Gasteiger partial charge in [0.1, 0.15) is 0 Å². The Morgan fingerprint density at radius 2 is 2.12 bits per heavy atom. The van der Waals surface area contributed by atoms with E-state index in [1.807, 2.05) is 18.2 Å². The summed E-state index contributed by atoms with van der Waals surface area (Å²) >= 11 is 0. The van der Waals surface area contributed by atoms with Crippen LogP contribution in [0.2, 0.25) is 0 Å². The summed E-state index contributed by atoms with van der Waals surface area (Å²) in [5.41, 5.74) is 2.91. The van der Waals surface area contributed by atoms with E-state index in [2.05, 4.69) is 28.9 Å². The number of nitrogens with zero attached hydrogens (tertiary/aromatic N) is 2. The van der Waals surface area contributed by atoms with Crippen molar-refractivity contribution >= 4 is 16.8 Å². The zero-order valence-electron chi connectivity index (χ0n) is 14.7. The maximum atomic E-state index is 12.9. The highest BCUT2D eigenvalue weighted by Gasteiger charge is 2.34. The summed E-state index contributed by atoms with van der Waals surface area (Å²) in [6, 6.07) is 5.94. The molecule has 1 aliphatic carbocycles. The summed E-state index contributed by atoms with van der Waals surface area (Å²) < 4.78 is 0. The van der Waals surface area contributed by atoms with Crippen molar-refractivity contribution in [1.29, 1.82) is 0 Å². The van der Waals surface area contributed by atoms with Gasteiger partial charge in [-0.25, -0.2) is 0 Å². The highest BCUT2D eigenvalue weighted by Crippen LogP contribution is 2.38. The fourth-order valence-electron chi connectivity index (χ4n) is 4.21. The quantitative estimate of drug-likeness (QED) is 0.923. The third-order valence-electron chi connectivity index (χ3n) is 5.82. The molecule has 1 unspecified atom stereocenters. The molecule has 1 saturated carbocycles. The third kappa shape index (κ3) is 2.83. The van der Waals surface area contributed by atoms with E-state index in [0.29, 0.717) is 5.92 Å². The number of amides is 1. The molecular formula is C20H27N3O. The predicted octanol–water partition coefficient (Wildman–Crippen LogP) is 4.02. The summed E-state index contributed by atoms with van der Waals surface area (Å²) in [6.45, 7) is 6.27. The number of rotatable bonds is 4. The minimum atomic E-state index is 0.190. The van der Waals surface area contributed by atoms with E-state index in [0.717, 1.165) is 53.5 Å². The number of carbonyl (C=O) groups is 1. The Balaban J connectivity index is 1.53. The van der Waals surface area contributed by atoms with Crippen molar-refractivity contribution in [3.8, 4) is 0 Å². The SMILES string of the molecule is CC(C)Cc1[nH]nc2ccc(C(=O)N3CCC(C4CCC4)C3)cc12. The average Bonchev–Trinajstić information content (AvgIpc) is 3.12. The van der Waals surface area contributed by atoms with Crippen molar-refractivity contribution in [3.63, 3.8) is 0 Å². The Kier molecular flexibility index (Phi) is 4.07. The van der Waals surface area contributed by atoms with Crippen LogP contribution in [0.15, 0.2) is 18.2 Å². The van der Waals surface area contributed by atoms with Gasteiger partial charge >= 0.3 is 0 Å². The van der Waals surface area contributed by atoms with Crippen LogP contribution in [0.5, 0.6) is 0 Å². The Hall–Kier alpha value is -1.84. The van der Waals surface area contributed by atoms with Gasteiger partial charge in [-0.2, -0.15) is 5.10 Å². The molecule has 0 radical (unpaired) electrons. The molecule has 128 valence electrons. The summed E-state index contributed by atoms with van der Waals surface area (Å²) in [5, 5.41) is 8.62. The first-order chi connectivity index (χ1) is 11.6. The second-order valence-electron chi connectivity index (χ2n) is 8.02. The van der Waals surface area contributed by atoms with E-state index < -0.39 is 0 Å². The van der Waals surface area contributed by atoms with Crippen LogP contribution < -0.4 is 0 Å². The van der Waals surface area contributed by atoms with E-state index in [9.17, 15) is 4.79 Å². The molecule has 0 bridgehead atoms. The first-order valence-corrected chi connectivity index (χ1v) is 9.38. The normalized spacial score (nSPS) is 21.6. The van der Waals surface area contributed by atoms with Crippen LogP contribution in [-0.2, 0) is 6.42 Å². The Labute approximate surface area is 143 Å². The molecule has 1 aliphatic heterocycles. The molecule has 2 heterocycles. The van der Waals surface area contributed by atoms with Gasteiger partial charge in [0.25, 0.3) is 5.91 Å². The lowest BCUT2D eigenvalue weighted by Crippen LogP contribution is -2.31. The Morgan fingerprint density at radius 3 is 2.83 bits per heavy atom. The van der Waals surface area contributed by atoms with Crippen molar-refractivity contribution in [2.24, 2.45) is 17.8 Å². The van der Waals surface area contributed by atoms with Gasteiger partial charge in [-0.1, -0.05) is 33.1 Å². The lowest BCUT2D eigenvalue weighted by molar-refractivity contribution is 0.0776. The van der Waals surface area contributed by atoms with Gasteiger partial charge in [0.2, 0.25) is 0 Å². The van der Waals surface area contributed by atoms with Crippen LogP contribution >= 0.6 is 0 Å². The molecular weight excluding hydrogens is 298 g/mol. The van der Waals surface area contributed by atoms with E-state index in [1.165, 1.54) is 25.7 Å². The molecule has 24 heavy (non-hydrogen) atoms. The van der Waals surface area contributed by atoms with E-state index in [-0.39, 0.29) is 5.91 Å². The summed E-state index contributed by atoms with van der Waals surface area (Å²) in [6.07, 6.45) is 6.26. The lowest BCUT2D eigenvalue weighted by Gasteiger charge is -2.31. The average molecular weight is 325 g/mol. The van der Waals surface area contributed by atoms with E-state index in [1.54, 1.807) is 0 Å². The van der Waals surface area contributed by atoms with Crippen molar-refractivity contribution in [1.82, 2.24) is 15.1 Å². The molecule has 1 saturated heterocycles. The fourth-order valence-corrected chi connectivity index (χ4v) is 4.21. The van der Waals surface area contributed by atoms with E-state index >= 15 is 0 Å². The molecule has 1 atom stereocenters. The predicted molar refractivity (Wildman–Crippen MR) is 96.0 cm³/mol. The van der Waals surface area contributed by atoms with Crippen molar-refractivity contribution < 1.29 is 4.79 Å². The Morgan fingerprint density at radius 1 is 1.29 bits per heavy atom. The second-order valence-corrected chi connectivity index (χ2v) is 8.02. The standard InChI is InChI=1S/C20H27N3O/c1-13(2)10-19-17-11-15(6-7-18(17)21-22-19)20(24)23-9-8-16(12-23)14-4-3-5-14/h6-7,11,13-14,16H,3-5,8-10,12H2,1-2H3,(H,21,22). The lowest BCUT2D eigenvalue weighted by atomic mass is 9.75. The molecule has 2 fully saturated rings. The van der Waals surface area contributed by atoms with Crippen molar-refractivity contribution in [2.45, 2.75) is 46.0 Å². The first kappa shape index (κ1) is 15.7. The highest BCUT2D eigenvalue weighted by atomic mass is 16.2. The van der Waals surface area contributed by atoms with E-state index in [4.69, 9.17) is 0 Å². The molecule has 4 heteroatoms. The largest absolute Gasteiger partial charge is 0.338 e. The van der Waals surface area contributed by atoms with Crippen molar-refractivity contribution in [3.05, 3.63) is 29.5 Å². The molecule has 1 aromatic carbocycles. The number of H-pyrrole nitrogens is 1. The van der Waals surface area contributed by atoms with Crippen LogP contribution in [0, 0.1) is 17.8 Å². The molecule has 1 aromatic heterocycles. The molecule has 2 aliphatic rings. The molecule has 4 rings (SSSR count). The number of nitrogens with one attached hydrogen (secondary N) is 1. The highest BCUT2D eigenvalue weighted by molar-refractivity contribution is 5.98. The summed E-state index contributed by atoms with van der Waals surface area (Å²) in [7, 11) is 0. The molecule has 1 N–H and O–H groups in total. The fraction of sp³-hybridized carbons (Fsp3) is 0.600. The number of hydrogen-bond acceptors (Lipinski definition) is 2. The molecule has 1 amide bonds. The summed E-state index contributed by atoms with van der Waals surface area (Å²) in [5.74, 6) is 2.36. The van der Waals surface area contributed by atoms with Crippen LogP contribution in [-0.4, -0.2) is 34.1 Å². The second kappa shape index (κ2) is 6.23. The van der Waals surface area contributed by atoms with Gasteiger partial charge in [0.05, 0.1) is 5.52 Å². The maximum absolute atomic E-state index is 12.9. The number of hydrogen-bond donors (Lipinski definition) is 1. The molecule has 4 nitrogen and oxygen atoms in total. The minimum Gasteiger partial charge on any atom is -0.338 e. The van der Waals surface area contributed by atoms with Crippen LogP contribution in [0.4, 0.5) is 0 Å².